The topological polar surface area (TPSA) is 105 Å². The Morgan fingerprint density at radius 3 is 2.69 bits per heavy atom. The maximum Gasteiger partial charge on any atom is 0.436 e. The summed E-state index contributed by atoms with van der Waals surface area (Å²) in [5, 5.41) is 11.7. The summed E-state index contributed by atoms with van der Waals surface area (Å²) >= 11 is 6.32. The molecule has 0 atom stereocenters. The molecule has 1 aromatic carbocycles. The Balaban J connectivity index is 1.67. The van der Waals surface area contributed by atoms with Crippen molar-refractivity contribution in [2.75, 3.05) is 0 Å². The molecule has 0 saturated carbocycles. The van der Waals surface area contributed by atoms with Gasteiger partial charge in [0.05, 0.1) is 34.4 Å². The van der Waals surface area contributed by atoms with Crippen LogP contribution in [-0.4, -0.2) is 34.7 Å². The second-order valence-corrected chi connectivity index (χ2v) is 8.23. The van der Waals surface area contributed by atoms with Crippen molar-refractivity contribution in [3.63, 3.8) is 0 Å². The van der Waals surface area contributed by atoms with Gasteiger partial charge in [0.1, 0.15) is 5.69 Å². The van der Waals surface area contributed by atoms with Crippen molar-refractivity contribution in [1.82, 2.24) is 34.7 Å². The number of pyridine rings is 1. The van der Waals surface area contributed by atoms with Gasteiger partial charge in [0.25, 0.3) is 0 Å². The van der Waals surface area contributed by atoms with Crippen LogP contribution in [0.2, 0.25) is 5.02 Å². The van der Waals surface area contributed by atoms with Crippen LogP contribution in [0.25, 0.3) is 28.3 Å². The van der Waals surface area contributed by atoms with Gasteiger partial charge >= 0.3 is 11.8 Å². The first-order valence-corrected chi connectivity index (χ1v) is 10.6. The molecule has 0 fully saturated rings. The minimum absolute atomic E-state index is 0.0514. The molecule has 0 unspecified atom stereocenters. The quantitative estimate of drug-likeness (QED) is 0.360. The zero-order chi connectivity index (χ0) is 24.9. The van der Waals surface area contributed by atoms with E-state index >= 15 is 0 Å². The lowest BCUT2D eigenvalue weighted by Gasteiger charge is -2.08. The van der Waals surface area contributed by atoms with Crippen LogP contribution >= 0.6 is 11.6 Å². The van der Waals surface area contributed by atoms with Crippen LogP contribution in [0.4, 0.5) is 13.2 Å². The highest BCUT2D eigenvalue weighted by molar-refractivity contribution is 6.32. The maximum absolute atomic E-state index is 12.9. The molecule has 0 N–H and O–H groups in total. The number of benzene rings is 1. The number of alkyl halides is 3. The first kappa shape index (κ1) is 22.7. The van der Waals surface area contributed by atoms with Crippen LogP contribution in [0.5, 0.6) is 0 Å². The fraction of sp³-hybridized carbons (Fsp3) is 0.182. The van der Waals surface area contributed by atoms with Crippen LogP contribution in [0.15, 0.2) is 51.9 Å². The molecule has 4 aromatic heterocycles. The van der Waals surface area contributed by atoms with E-state index < -0.39 is 17.5 Å². The lowest BCUT2D eigenvalue weighted by molar-refractivity contribution is -0.141. The third kappa shape index (κ3) is 4.28. The van der Waals surface area contributed by atoms with E-state index in [-0.39, 0.29) is 34.7 Å². The van der Waals surface area contributed by atoms with Gasteiger partial charge in [0.2, 0.25) is 5.89 Å². The third-order valence-electron chi connectivity index (χ3n) is 5.14. The van der Waals surface area contributed by atoms with E-state index in [1.54, 1.807) is 18.2 Å². The summed E-state index contributed by atoms with van der Waals surface area (Å²) in [4.78, 5) is 21.6. The fourth-order valence-electron chi connectivity index (χ4n) is 3.67. The van der Waals surface area contributed by atoms with E-state index in [2.05, 4.69) is 25.4 Å². The molecule has 0 aliphatic heterocycles. The molecule has 0 amide bonds. The molecule has 35 heavy (non-hydrogen) atoms. The second kappa shape index (κ2) is 8.31. The van der Waals surface area contributed by atoms with E-state index in [4.69, 9.17) is 16.0 Å². The molecule has 5 aromatic rings. The van der Waals surface area contributed by atoms with Gasteiger partial charge in [-0.2, -0.15) is 18.3 Å². The SMILES string of the molecule is Cc1cc(C)c2nc(-c3cc(Cn4cc(C(F)(F)F)nn4)nn3-c3ncccc3Cl)oc(=O)c2c1. The van der Waals surface area contributed by atoms with Crippen LogP contribution < -0.4 is 5.63 Å². The Labute approximate surface area is 199 Å². The Morgan fingerprint density at radius 1 is 1.17 bits per heavy atom. The van der Waals surface area contributed by atoms with Crippen molar-refractivity contribution in [2.45, 2.75) is 26.6 Å². The highest BCUT2D eigenvalue weighted by Crippen LogP contribution is 2.29. The summed E-state index contributed by atoms with van der Waals surface area (Å²) in [6.07, 6.45) is -2.36. The molecule has 0 spiro atoms. The molecule has 4 heterocycles. The minimum atomic E-state index is -4.63. The summed E-state index contributed by atoms with van der Waals surface area (Å²) in [5.41, 5.74) is 0.909. The highest BCUT2D eigenvalue weighted by atomic mass is 35.5. The molecule has 0 saturated heterocycles. The van der Waals surface area contributed by atoms with Crippen LogP contribution in [0.3, 0.4) is 0 Å². The number of halogens is 4. The van der Waals surface area contributed by atoms with E-state index in [9.17, 15) is 18.0 Å². The van der Waals surface area contributed by atoms with Crippen molar-refractivity contribution < 1.29 is 17.6 Å². The van der Waals surface area contributed by atoms with Crippen molar-refractivity contribution in [3.05, 3.63) is 80.7 Å². The molecule has 0 aliphatic rings. The smallest absolute Gasteiger partial charge is 0.401 e. The van der Waals surface area contributed by atoms with Gasteiger partial charge in [-0.05, 0) is 49.2 Å². The number of aromatic nitrogens is 7. The summed E-state index contributed by atoms with van der Waals surface area (Å²) in [7, 11) is 0. The zero-order valence-corrected chi connectivity index (χ0v) is 19.0. The Hall–Kier alpha value is -4.06. The van der Waals surface area contributed by atoms with E-state index in [1.165, 1.54) is 16.9 Å². The monoisotopic (exact) mass is 501 g/mol. The number of aryl methyl sites for hydroxylation is 2. The fourth-order valence-corrected chi connectivity index (χ4v) is 3.87. The first-order chi connectivity index (χ1) is 16.6. The standard InChI is InChI=1S/C22H15ClF3N7O2/c1-11-6-12(2)18-14(7-11)21(34)35-20(28-18)16-8-13(9-32-10-17(29-31-32)22(24,25)26)30-33(16)19-15(23)4-3-5-27-19/h3-8,10H,9H2,1-2H3. The number of rotatable bonds is 4. The lowest BCUT2D eigenvalue weighted by atomic mass is 10.1. The minimum Gasteiger partial charge on any atom is -0.401 e. The Bertz CT molecular complexity index is 1640. The average Bonchev–Trinajstić information content (AvgIpc) is 3.42. The number of nitrogens with zero attached hydrogens (tertiary/aromatic N) is 7. The van der Waals surface area contributed by atoms with Crippen LogP contribution in [-0.2, 0) is 12.7 Å². The first-order valence-electron chi connectivity index (χ1n) is 10.2. The molecular formula is C22H15ClF3N7O2. The zero-order valence-electron chi connectivity index (χ0n) is 18.2. The van der Waals surface area contributed by atoms with E-state index in [0.717, 1.165) is 22.0 Å². The highest BCUT2D eigenvalue weighted by Gasteiger charge is 2.34. The van der Waals surface area contributed by atoms with Gasteiger partial charge in [-0.25, -0.2) is 24.1 Å². The molecule has 9 nitrogen and oxygen atoms in total. The van der Waals surface area contributed by atoms with Crippen molar-refractivity contribution >= 4 is 22.5 Å². The van der Waals surface area contributed by atoms with Gasteiger partial charge < -0.3 is 4.42 Å². The van der Waals surface area contributed by atoms with Gasteiger partial charge in [-0.1, -0.05) is 22.9 Å². The Kier molecular flexibility index (Phi) is 5.39. The summed E-state index contributed by atoms with van der Waals surface area (Å²) < 4.78 is 46.6. The van der Waals surface area contributed by atoms with Crippen molar-refractivity contribution in [2.24, 2.45) is 0 Å². The van der Waals surface area contributed by atoms with Gasteiger partial charge in [-0.15, -0.1) is 5.10 Å². The summed E-state index contributed by atoms with van der Waals surface area (Å²) in [6.45, 7) is 3.54. The molecule has 13 heteroatoms. The normalized spacial score (nSPS) is 11.9. The second-order valence-electron chi connectivity index (χ2n) is 7.83. The third-order valence-corrected chi connectivity index (χ3v) is 5.43. The molecule has 0 radical (unpaired) electrons. The lowest BCUT2D eigenvalue weighted by Crippen LogP contribution is -2.08. The van der Waals surface area contributed by atoms with Gasteiger partial charge in [-0.3, -0.25) is 0 Å². The molecule has 0 aliphatic carbocycles. The van der Waals surface area contributed by atoms with E-state index in [0.29, 0.717) is 10.9 Å². The molecule has 0 bridgehead atoms. The van der Waals surface area contributed by atoms with Crippen molar-refractivity contribution in [1.29, 1.82) is 0 Å². The summed E-state index contributed by atoms with van der Waals surface area (Å²) in [5.74, 6) is 0.166. The maximum atomic E-state index is 12.9. The average molecular weight is 502 g/mol. The van der Waals surface area contributed by atoms with E-state index in [1.807, 2.05) is 19.9 Å². The largest absolute Gasteiger partial charge is 0.436 e. The predicted molar refractivity (Wildman–Crippen MR) is 119 cm³/mol. The summed E-state index contributed by atoms with van der Waals surface area (Å²) in [6, 6.07) is 8.32. The number of hydrogen-bond acceptors (Lipinski definition) is 7. The van der Waals surface area contributed by atoms with Crippen LogP contribution in [0, 0.1) is 13.8 Å². The van der Waals surface area contributed by atoms with Crippen molar-refractivity contribution in [3.8, 4) is 17.4 Å². The molecule has 5 rings (SSSR count). The van der Waals surface area contributed by atoms with Gasteiger partial charge in [0, 0.05) is 6.20 Å². The predicted octanol–water partition coefficient (Wildman–Crippen LogP) is 4.36. The molecular weight excluding hydrogens is 487 g/mol. The number of hydrogen-bond donors (Lipinski definition) is 0. The Morgan fingerprint density at radius 2 is 1.97 bits per heavy atom. The van der Waals surface area contributed by atoms with Crippen LogP contribution in [0.1, 0.15) is 22.5 Å². The number of fused-ring (bicyclic) bond motifs is 1. The molecule has 178 valence electrons. The van der Waals surface area contributed by atoms with Gasteiger partial charge in [0.15, 0.2) is 11.5 Å².